The minimum atomic E-state index is -0.495. The van der Waals surface area contributed by atoms with Gasteiger partial charge in [-0.3, -0.25) is 14.8 Å². The Morgan fingerprint density at radius 1 is 1.27 bits per heavy atom. The maximum absolute atomic E-state index is 12.3. The molecule has 0 radical (unpaired) electrons. The Labute approximate surface area is 175 Å². The first-order chi connectivity index (χ1) is 14.4. The van der Waals surface area contributed by atoms with Crippen molar-refractivity contribution >= 4 is 11.8 Å². The van der Waals surface area contributed by atoms with Crippen molar-refractivity contribution in [3.8, 4) is 5.69 Å². The van der Waals surface area contributed by atoms with Crippen LogP contribution in [0.5, 0.6) is 0 Å². The lowest BCUT2D eigenvalue weighted by Gasteiger charge is -2.10. The highest BCUT2D eigenvalue weighted by molar-refractivity contribution is 5.84. The van der Waals surface area contributed by atoms with Gasteiger partial charge in [-0.25, -0.2) is 9.48 Å². The molecule has 0 unspecified atom stereocenters. The van der Waals surface area contributed by atoms with E-state index in [2.05, 4.69) is 22.4 Å². The van der Waals surface area contributed by atoms with Crippen molar-refractivity contribution in [3.05, 3.63) is 70.4 Å². The Hall–Kier alpha value is -3.42. The van der Waals surface area contributed by atoms with Crippen LogP contribution >= 0.6 is 0 Å². The number of nitrogens with zero attached hydrogens (tertiary/aromatic N) is 4. The van der Waals surface area contributed by atoms with E-state index >= 15 is 0 Å². The van der Waals surface area contributed by atoms with Crippen LogP contribution < -0.4 is 10.7 Å². The van der Waals surface area contributed by atoms with E-state index in [0.717, 1.165) is 24.2 Å². The Morgan fingerprint density at radius 2 is 2.10 bits per heavy atom. The molecule has 2 aromatic heterocycles. The minimum Gasteiger partial charge on any atom is -0.449 e. The summed E-state index contributed by atoms with van der Waals surface area (Å²) in [5.74, 6) is 0.266. The van der Waals surface area contributed by atoms with Gasteiger partial charge in [-0.05, 0) is 30.0 Å². The minimum absolute atomic E-state index is 0.137. The number of amides is 1. The van der Waals surface area contributed by atoms with Crippen LogP contribution in [0.3, 0.4) is 0 Å². The molecule has 8 nitrogen and oxygen atoms in total. The van der Waals surface area contributed by atoms with Crippen LogP contribution in [-0.4, -0.2) is 32.3 Å². The smallest absolute Gasteiger partial charge is 0.411 e. The lowest BCUT2D eigenvalue weighted by atomic mass is 10.1. The van der Waals surface area contributed by atoms with Crippen LogP contribution in [0.4, 0.5) is 10.5 Å². The summed E-state index contributed by atoms with van der Waals surface area (Å²) in [6.07, 6.45) is 6.10. The molecule has 2 heterocycles. The molecule has 30 heavy (non-hydrogen) atoms. The van der Waals surface area contributed by atoms with Crippen LogP contribution in [-0.2, 0) is 17.7 Å². The molecular formula is C22H27N5O3. The second kappa shape index (κ2) is 9.87. The molecule has 3 aromatic rings. The van der Waals surface area contributed by atoms with E-state index < -0.39 is 6.09 Å². The topological polar surface area (TPSA) is 91.0 Å². The van der Waals surface area contributed by atoms with Gasteiger partial charge >= 0.3 is 6.09 Å². The molecule has 1 amide bonds. The third-order valence-corrected chi connectivity index (χ3v) is 4.31. The van der Waals surface area contributed by atoms with E-state index in [1.165, 1.54) is 6.07 Å². The first kappa shape index (κ1) is 21.3. The van der Waals surface area contributed by atoms with E-state index in [-0.39, 0.29) is 11.3 Å². The van der Waals surface area contributed by atoms with Crippen LogP contribution in [0.2, 0.25) is 0 Å². The van der Waals surface area contributed by atoms with E-state index in [1.807, 2.05) is 42.9 Å². The summed E-state index contributed by atoms with van der Waals surface area (Å²) in [5, 5.41) is 11.5. The van der Waals surface area contributed by atoms with Crippen molar-refractivity contribution in [2.45, 2.75) is 40.2 Å². The standard InChI is InChI=1S/C22H27N5O3/c1-4-9-26-14-19(13-23-26)27-10-8-21(28)20(25-27)12-17-6-5-7-18(11-17)24-22(29)30-15-16(2)3/h5-8,10-11,13-14,16H,4,9,12,15H2,1-3H3,(H,24,29). The van der Waals surface area contributed by atoms with Gasteiger partial charge in [-0.1, -0.05) is 32.9 Å². The van der Waals surface area contributed by atoms with E-state index in [0.29, 0.717) is 24.4 Å². The van der Waals surface area contributed by atoms with Gasteiger partial charge in [0.25, 0.3) is 0 Å². The Balaban J connectivity index is 1.74. The number of aromatic nitrogens is 4. The Morgan fingerprint density at radius 3 is 2.87 bits per heavy atom. The summed E-state index contributed by atoms with van der Waals surface area (Å²) in [5.41, 5.74) is 2.55. The molecule has 0 aliphatic rings. The summed E-state index contributed by atoms with van der Waals surface area (Å²) in [7, 11) is 0. The molecule has 0 aliphatic carbocycles. The third-order valence-electron chi connectivity index (χ3n) is 4.31. The van der Waals surface area contributed by atoms with Crippen molar-refractivity contribution in [1.29, 1.82) is 0 Å². The second-order valence-electron chi connectivity index (χ2n) is 7.53. The molecule has 0 fully saturated rings. The summed E-state index contributed by atoms with van der Waals surface area (Å²) in [4.78, 5) is 24.2. The quantitative estimate of drug-likeness (QED) is 0.613. The lowest BCUT2D eigenvalue weighted by molar-refractivity contribution is 0.147. The number of nitrogens with one attached hydrogen (secondary N) is 1. The molecule has 1 N–H and O–H groups in total. The van der Waals surface area contributed by atoms with Gasteiger partial charge in [0.05, 0.1) is 19.0 Å². The average molecular weight is 409 g/mol. The highest BCUT2D eigenvalue weighted by Crippen LogP contribution is 2.14. The molecule has 8 heteroatoms. The predicted molar refractivity (Wildman–Crippen MR) is 115 cm³/mol. The maximum Gasteiger partial charge on any atom is 0.411 e. The molecule has 0 aliphatic heterocycles. The number of carbonyl (C=O) groups excluding carboxylic acids is 1. The van der Waals surface area contributed by atoms with Gasteiger partial charge in [0.15, 0.2) is 0 Å². The van der Waals surface area contributed by atoms with Gasteiger partial charge in [0, 0.05) is 30.9 Å². The number of ether oxygens (including phenoxy) is 1. The van der Waals surface area contributed by atoms with Gasteiger partial charge in [-0.2, -0.15) is 10.2 Å². The second-order valence-corrected chi connectivity index (χ2v) is 7.53. The maximum atomic E-state index is 12.3. The monoisotopic (exact) mass is 409 g/mol. The molecule has 0 saturated heterocycles. The predicted octanol–water partition coefficient (Wildman–Crippen LogP) is 3.63. The molecular weight excluding hydrogens is 382 g/mol. The number of benzene rings is 1. The molecule has 3 rings (SSSR count). The largest absolute Gasteiger partial charge is 0.449 e. The van der Waals surface area contributed by atoms with Crippen molar-refractivity contribution in [1.82, 2.24) is 19.6 Å². The summed E-state index contributed by atoms with van der Waals surface area (Å²) >= 11 is 0. The Bertz CT molecular complexity index is 1050. The zero-order valence-electron chi connectivity index (χ0n) is 17.5. The van der Waals surface area contributed by atoms with Crippen molar-refractivity contribution in [3.63, 3.8) is 0 Å². The van der Waals surface area contributed by atoms with E-state index in [1.54, 1.807) is 23.1 Å². The molecule has 158 valence electrons. The van der Waals surface area contributed by atoms with Crippen molar-refractivity contribution in [2.24, 2.45) is 5.92 Å². The number of hydrogen-bond acceptors (Lipinski definition) is 5. The fourth-order valence-corrected chi connectivity index (χ4v) is 2.88. The van der Waals surface area contributed by atoms with Crippen LogP contribution in [0, 0.1) is 5.92 Å². The lowest BCUT2D eigenvalue weighted by Crippen LogP contribution is -2.17. The van der Waals surface area contributed by atoms with Gasteiger partial charge in [0.1, 0.15) is 11.4 Å². The zero-order valence-corrected chi connectivity index (χ0v) is 17.5. The highest BCUT2D eigenvalue weighted by Gasteiger charge is 2.09. The van der Waals surface area contributed by atoms with Crippen LogP contribution in [0.25, 0.3) is 5.69 Å². The summed E-state index contributed by atoms with van der Waals surface area (Å²) < 4.78 is 8.65. The highest BCUT2D eigenvalue weighted by atomic mass is 16.5. The fraction of sp³-hybridized carbons (Fsp3) is 0.364. The van der Waals surface area contributed by atoms with Crippen molar-refractivity contribution < 1.29 is 9.53 Å². The normalized spacial score (nSPS) is 10.9. The number of carbonyl (C=O) groups is 1. The number of anilines is 1. The molecule has 0 saturated carbocycles. The van der Waals surface area contributed by atoms with Crippen LogP contribution in [0.1, 0.15) is 38.4 Å². The van der Waals surface area contributed by atoms with E-state index in [4.69, 9.17) is 4.74 Å². The average Bonchev–Trinajstić information content (AvgIpc) is 3.17. The third kappa shape index (κ3) is 5.79. The number of rotatable bonds is 8. The van der Waals surface area contributed by atoms with Crippen molar-refractivity contribution in [2.75, 3.05) is 11.9 Å². The molecule has 0 atom stereocenters. The number of hydrogen-bond donors (Lipinski definition) is 1. The van der Waals surface area contributed by atoms with Gasteiger partial charge in [-0.15, -0.1) is 0 Å². The van der Waals surface area contributed by atoms with Crippen LogP contribution in [0.15, 0.2) is 53.7 Å². The van der Waals surface area contributed by atoms with Gasteiger partial charge < -0.3 is 4.74 Å². The molecule has 0 bridgehead atoms. The molecule has 0 spiro atoms. The first-order valence-corrected chi connectivity index (χ1v) is 10.1. The Kier molecular flexibility index (Phi) is 7.00. The fourth-order valence-electron chi connectivity index (χ4n) is 2.88. The molecule has 1 aromatic carbocycles. The number of aryl methyl sites for hydroxylation is 1. The van der Waals surface area contributed by atoms with Gasteiger partial charge in [0.2, 0.25) is 5.43 Å². The zero-order chi connectivity index (χ0) is 21.5. The first-order valence-electron chi connectivity index (χ1n) is 10.1. The summed E-state index contributed by atoms with van der Waals surface area (Å²) in [6.45, 7) is 7.22. The SMILES string of the molecule is CCCn1cc(-n2ccc(=O)c(Cc3cccc(NC(=O)OCC(C)C)c3)n2)cn1. The van der Waals surface area contributed by atoms with E-state index in [9.17, 15) is 9.59 Å². The summed E-state index contributed by atoms with van der Waals surface area (Å²) in [6, 6.07) is 8.81.